The van der Waals surface area contributed by atoms with E-state index in [9.17, 15) is 9.59 Å². The number of likely N-dealkylation sites (tertiary alicyclic amines) is 1. The summed E-state index contributed by atoms with van der Waals surface area (Å²) in [5.41, 5.74) is 6.64. The molecule has 2 aliphatic rings. The summed E-state index contributed by atoms with van der Waals surface area (Å²) in [5.74, 6) is 0.740. The summed E-state index contributed by atoms with van der Waals surface area (Å²) in [6.45, 7) is 5.91. The van der Waals surface area contributed by atoms with Gasteiger partial charge in [0.2, 0.25) is 5.91 Å². The lowest BCUT2D eigenvalue weighted by Gasteiger charge is -2.14. The van der Waals surface area contributed by atoms with Gasteiger partial charge in [-0.3, -0.25) is 19.3 Å². The fourth-order valence-electron chi connectivity index (χ4n) is 5.33. The fraction of sp³-hybridized carbons (Fsp3) is 0.226. The predicted molar refractivity (Wildman–Crippen MR) is 148 cm³/mol. The first-order valence-electron chi connectivity index (χ1n) is 13.0. The molecule has 0 aliphatic carbocycles. The first kappa shape index (κ1) is 24.6. The van der Waals surface area contributed by atoms with E-state index in [4.69, 9.17) is 9.84 Å². The molecular weight excluding hydrogens is 490 g/mol. The maximum absolute atomic E-state index is 12.2. The molecule has 1 saturated heterocycles. The molecule has 4 heterocycles. The molecular formula is C31H29N5O3. The number of pyridine rings is 1. The zero-order chi connectivity index (χ0) is 26.9. The minimum absolute atomic E-state index is 0.0473. The Morgan fingerprint density at radius 1 is 1.10 bits per heavy atom. The summed E-state index contributed by atoms with van der Waals surface area (Å²) in [7, 11) is 1.80. The average Bonchev–Trinajstić information content (AvgIpc) is 3.70. The molecule has 0 N–H and O–H groups in total. The normalized spacial score (nSPS) is 16.4. The monoisotopic (exact) mass is 519 g/mol. The van der Waals surface area contributed by atoms with Gasteiger partial charge < -0.3 is 14.5 Å². The number of benzene rings is 2. The van der Waals surface area contributed by atoms with Gasteiger partial charge in [-0.1, -0.05) is 24.8 Å². The molecule has 2 aromatic carbocycles. The van der Waals surface area contributed by atoms with Crippen LogP contribution in [0, 0.1) is 0 Å². The molecule has 8 heteroatoms. The number of fused-ring (bicyclic) bond motifs is 1. The highest BCUT2D eigenvalue weighted by molar-refractivity contribution is 5.98. The third kappa shape index (κ3) is 4.81. The maximum atomic E-state index is 12.2. The Balaban J connectivity index is 1.26. The van der Waals surface area contributed by atoms with Crippen LogP contribution in [-0.4, -0.2) is 56.5 Å². The zero-order valence-corrected chi connectivity index (χ0v) is 21.8. The predicted octanol–water partition coefficient (Wildman–Crippen LogP) is 4.74. The number of hydrogen-bond acceptors (Lipinski definition) is 5. The van der Waals surface area contributed by atoms with Crippen LogP contribution < -0.4 is 4.74 Å². The van der Waals surface area contributed by atoms with Crippen molar-refractivity contribution in [1.82, 2.24) is 24.6 Å². The SMILES string of the molecule is C=CC(=O)N1CC[C@H](n2cc(-c3ccncc3)c(-c3cccc(COc4ccc5c(c4)CN(C)C5=O)c3)n2)C1. The van der Waals surface area contributed by atoms with Crippen molar-refractivity contribution in [3.8, 4) is 28.1 Å². The number of ether oxygens (including phenoxy) is 1. The van der Waals surface area contributed by atoms with E-state index in [1.165, 1.54) is 6.08 Å². The minimum atomic E-state index is -0.0473. The maximum Gasteiger partial charge on any atom is 0.254 e. The average molecular weight is 520 g/mol. The molecule has 0 saturated carbocycles. The molecule has 0 radical (unpaired) electrons. The zero-order valence-electron chi connectivity index (χ0n) is 21.8. The molecule has 6 rings (SSSR count). The second kappa shape index (κ2) is 10.2. The topological polar surface area (TPSA) is 80.6 Å². The van der Waals surface area contributed by atoms with E-state index in [0.29, 0.717) is 26.2 Å². The highest BCUT2D eigenvalue weighted by Crippen LogP contribution is 2.34. The number of rotatable bonds is 7. The summed E-state index contributed by atoms with van der Waals surface area (Å²) in [6, 6.07) is 17.9. The Morgan fingerprint density at radius 3 is 2.77 bits per heavy atom. The van der Waals surface area contributed by atoms with Gasteiger partial charge in [0, 0.05) is 62.0 Å². The van der Waals surface area contributed by atoms with Crippen molar-refractivity contribution in [2.24, 2.45) is 0 Å². The molecule has 0 bridgehead atoms. The van der Waals surface area contributed by atoms with Crippen LogP contribution in [0.1, 0.15) is 33.9 Å². The van der Waals surface area contributed by atoms with Gasteiger partial charge in [-0.05, 0) is 65.6 Å². The third-order valence-electron chi connectivity index (χ3n) is 7.41. The van der Waals surface area contributed by atoms with Gasteiger partial charge in [0.1, 0.15) is 18.1 Å². The molecule has 2 aromatic heterocycles. The third-order valence-corrected chi connectivity index (χ3v) is 7.41. The molecule has 1 atom stereocenters. The van der Waals surface area contributed by atoms with Crippen LogP contribution in [0.3, 0.4) is 0 Å². The Morgan fingerprint density at radius 2 is 1.95 bits per heavy atom. The number of aromatic nitrogens is 3. The lowest BCUT2D eigenvalue weighted by Crippen LogP contribution is -2.27. The van der Waals surface area contributed by atoms with Crippen LogP contribution >= 0.6 is 0 Å². The van der Waals surface area contributed by atoms with Crippen LogP contribution in [0.2, 0.25) is 0 Å². The minimum Gasteiger partial charge on any atom is -0.489 e. The standard InChI is InChI=1S/C31H29N5O3/c1-3-29(37)35-14-11-25(18-35)36-19-28(22-9-12-32-13-10-22)30(33-36)23-6-4-5-21(15-23)20-39-26-7-8-27-24(16-26)17-34(2)31(27)38/h3-10,12-13,15-16,19,25H,1,11,14,17-18,20H2,2H3/t25-/m0/s1. The quantitative estimate of drug-likeness (QED) is 0.330. The molecule has 39 heavy (non-hydrogen) atoms. The number of amides is 2. The van der Waals surface area contributed by atoms with Crippen LogP contribution in [0.5, 0.6) is 5.75 Å². The van der Waals surface area contributed by atoms with Crippen molar-refractivity contribution in [3.05, 3.63) is 103 Å². The lowest BCUT2D eigenvalue weighted by atomic mass is 10.0. The van der Waals surface area contributed by atoms with Crippen molar-refractivity contribution in [2.45, 2.75) is 25.6 Å². The molecule has 4 aromatic rings. The van der Waals surface area contributed by atoms with Crippen molar-refractivity contribution < 1.29 is 14.3 Å². The first-order valence-corrected chi connectivity index (χ1v) is 13.0. The molecule has 1 fully saturated rings. The molecule has 196 valence electrons. The van der Waals surface area contributed by atoms with E-state index in [-0.39, 0.29) is 17.9 Å². The molecule has 0 spiro atoms. The van der Waals surface area contributed by atoms with Gasteiger partial charge in [0.05, 0.1) is 6.04 Å². The lowest BCUT2D eigenvalue weighted by molar-refractivity contribution is -0.125. The van der Waals surface area contributed by atoms with E-state index < -0.39 is 0 Å². The second-order valence-electron chi connectivity index (χ2n) is 10.0. The van der Waals surface area contributed by atoms with Gasteiger partial charge in [0.25, 0.3) is 5.91 Å². The largest absolute Gasteiger partial charge is 0.489 e. The Bertz CT molecular complexity index is 1560. The Kier molecular flexibility index (Phi) is 6.44. The number of carbonyl (C=O) groups excluding carboxylic acids is 2. The summed E-state index contributed by atoms with van der Waals surface area (Å²) < 4.78 is 8.11. The highest BCUT2D eigenvalue weighted by atomic mass is 16.5. The summed E-state index contributed by atoms with van der Waals surface area (Å²) in [6.07, 6.45) is 7.84. The molecule has 2 aliphatic heterocycles. The smallest absolute Gasteiger partial charge is 0.254 e. The van der Waals surface area contributed by atoms with E-state index in [2.05, 4.69) is 29.9 Å². The van der Waals surface area contributed by atoms with Crippen LogP contribution in [0.15, 0.2) is 85.8 Å². The molecule has 8 nitrogen and oxygen atoms in total. The molecule has 0 unspecified atom stereocenters. The van der Waals surface area contributed by atoms with Gasteiger partial charge in [-0.15, -0.1) is 0 Å². The Labute approximate surface area is 227 Å². The summed E-state index contributed by atoms with van der Waals surface area (Å²) >= 11 is 0. The number of carbonyl (C=O) groups is 2. The second-order valence-corrected chi connectivity index (χ2v) is 10.0. The summed E-state index contributed by atoms with van der Waals surface area (Å²) in [4.78, 5) is 32.0. The first-order chi connectivity index (χ1) is 19.0. The number of hydrogen-bond donors (Lipinski definition) is 0. The summed E-state index contributed by atoms with van der Waals surface area (Å²) in [5, 5.41) is 5.03. The van der Waals surface area contributed by atoms with Gasteiger partial charge in [0.15, 0.2) is 0 Å². The van der Waals surface area contributed by atoms with E-state index in [1.54, 1.807) is 24.3 Å². The highest BCUT2D eigenvalue weighted by Gasteiger charge is 2.28. The van der Waals surface area contributed by atoms with Crippen LogP contribution in [0.25, 0.3) is 22.4 Å². The van der Waals surface area contributed by atoms with E-state index in [1.807, 2.05) is 52.0 Å². The van der Waals surface area contributed by atoms with Crippen molar-refractivity contribution in [3.63, 3.8) is 0 Å². The van der Waals surface area contributed by atoms with Crippen LogP contribution in [-0.2, 0) is 17.9 Å². The van der Waals surface area contributed by atoms with E-state index >= 15 is 0 Å². The van der Waals surface area contributed by atoms with Crippen LogP contribution in [0.4, 0.5) is 0 Å². The van der Waals surface area contributed by atoms with Crippen molar-refractivity contribution >= 4 is 11.8 Å². The van der Waals surface area contributed by atoms with Crippen molar-refractivity contribution in [1.29, 1.82) is 0 Å². The van der Waals surface area contributed by atoms with Crippen molar-refractivity contribution in [2.75, 3.05) is 20.1 Å². The van der Waals surface area contributed by atoms with Gasteiger partial charge >= 0.3 is 0 Å². The number of nitrogens with zero attached hydrogens (tertiary/aromatic N) is 5. The van der Waals surface area contributed by atoms with Gasteiger partial charge in [-0.2, -0.15) is 5.10 Å². The molecule has 2 amide bonds. The van der Waals surface area contributed by atoms with E-state index in [0.717, 1.165) is 51.2 Å². The Hall–Kier alpha value is -4.72. The van der Waals surface area contributed by atoms with Gasteiger partial charge in [-0.25, -0.2) is 0 Å². The fourth-order valence-corrected chi connectivity index (χ4v) is 5.33.